The molecule has 4 heteroatoms. The van der Waals surface area contributed by atoms with E-state index in [0.29, 0.717) is 12.1 Å². The summed E-state index contributed by atoms with van der Waals surface area (Å²) in [6.45, 7) is 2.62. The SMILES string of the molecule is C[C@@H](c1ccccc1)N(Cc1ccccc1)C(CC(=O)O)c1cccc(F)c1. The van der Waals surface area contributed by atoms with E-state index < -0.39 is 12.0 Å². The number of halogens is 1. The Morgan fingerprint density at radius 3 is 2.14 bits per heavy atom. The summed E-state index contributed by atoms with van der Waals surface area (Å²) in [6.07, 6.45) is -0.104. The van der Waals surface area contributed by atoms with Crippen molar-refractivity contribution in [2.45, 2.75) is 32.0 Å². The fraction of sp³-hybridized carbons (Fsp3) is 0.208. The Bertz CT molecular complexity index is 899. The lowest BCUT2D eigenvalue weighted by Crippen LogP contribution is -2.32. The van der Waals surface area contributed by atoms with Gasteiger partial charge in [-0.2, -0.15) is 0 Å². The lowest BCUT2D eigenvalue weighted by atomic mass is 9.96. The molecule has 0 bridgehead atoms. The van der Waals surface area contributed by atoms with Crippen molar-refractivity contribution in [1.29, 1.82) is 0 Å². The molecule has 1 N–H and O–H groups in total. The van der Waals surface area contributed by atoms with Gasteiger partial charge in [0.2, 0.25) is 0 Å². The van der Waals surface area contributed by atoms with E-state index in [4.69, 9.17) is 0 Å². The van der Waals surface area contributed by atoms with Crippen LogP contribution in [0.4, 0.5) is 4.39 Å². The monoisotopic (exact) mass is 377 g/mol. The second kappa shape index (κ2) is 9.29. The third-order valence-electron chi connectivity index (χ3n) is 4.99. The number of hydrogen-bond acceptors (Lipinski definition) is 2. The zero-order valence-corrected chi connectivity index (χ0v) is 15.8. The van der Waals surface area contributed by atoms with Gasteiger partial charge in [0.25, 0.3) is 0 Å². The second-order valence-electron chi connectivity index (χ2n) is 6.91. The van der Waals surface area contributed by atoms with Gasteiger partial charge in [0.05, 0.1) is 6.42 Å². The van der Waals surface area contributed by atoms with Gasteiger partial charge < -0.3 is 5.11 Å². The molecule has 0 saturated heterocycles. The van der Waals surface area contributed by atoms with Gasteiger partial charge in [0, 0.05) is 18.6 Å². The summed E-state index contributed by atoms with van der Waals surface area (Å²) < 4.78 is 13.9. The van der Waals surface area contributed by atoms with Crippen molar-refractivity contribution in [3.05, 3.63) is 107 Å². The largest absolute Gasteiger partial charge is 0.481 e. The minimum absolute atomic E-state index is 0.0472. The van der Waals surface area contributed by atoms with Crippen LogP contribution in [0.25, 0.3) is 0 Å². The third kappa shape index (κ3) is 5.05. The Morgan fingerprint density at radius 2 is 1.54 bits per heavy atom. The van der Waals surface area contributed by atoms with Gasteiger partial charge in [-0.1, -0.05) is 72.8 Å². The van der Waals surface area contributed by atoms with Crippen LogP contribution in [0.2, 0.25) is 0 Å². The smallest absolute Gasteiger partial charge is 0.305 e. The molecule has 0 saturated carbocycles. The summed E-state index contributed by atoms with van der Waals surface area (Å²) >= 11 is 0. The Labute approximate surface area is 165 Å². The van der Waals surface area contributed by atoms with Crippen molar-refractivity contribution < 1.29 is 14.3 Å². The molecule has 1 unspecified atom stereocenters. The predicted octanol–water partition coefficient (Wildman–Crippen LogP) is 5.60. The fourth-order valence-corrected chi connectivity index (χ4v) is 3.54. The fourth-order valence-electron chi connectivity index (χ4n) is 3.54. The van der Waals surface area contributed by atoms with Crippen LogP contribution in [-0.2, 0) is 11.3 Å². The molecule has 3 aromatic rings. The summed E-state index contributed by atoms with van der Waals surface area (Å²) in [5.74, 6) is -1.27. The minimum atomic E-state index is -0.910. The molecule has 0 aliphatic carbocycles. The Morgan fingerprint density at radius 1 is 0.929 bits per heavy atom. The van der Waals surface area contributed by atoms with Gasteiger partial charge in [-0.3, -0.25) is 9.69 Å². The molecule has 3 rings (SSSR count). The van der Waals surface area contributed by atoms with Crippen LogP contribution in [0.1, 0.15) is 42.1 Å². The highest BCUT2D eigenvalue weighted by Gasteiger charge is 2.28. The van der Waals surface area contributed by atoms with Gasteiger partial charge in [-0.05, 0) is 35.7 Å². The Kier molecular flexibility index (Phi) is 6.56. The zero-order chi connectivity index (χ0) is 19.9. The first-order valence-electron chi connectivity index (χ1n) is 9.36. The van der Waals surface area contributed by atoms with E-state index in [1.807, 2.05) is 60.7 Å². The molecule has 28 heavy (non-hydrogen) atoms. The van der Waals surface area contributed by atoms with E-state index in [9.17, 15) is 14.3 Å². The molecule has 0 heterocycles. The maximum Gasteiger partial charge on any atom is 0.305 e. The van der Waals surface area contributed by atoms with Crippen molar-refractivity contribution in [2.24, 2.45) is 0 Å². The molecule has 144 valence electrons. The topological polar surface area (TPSA) is 40.5 Å². The number of benzene rings is 3. The summed E-state index contributed by atoms with van der Waals surface area (Å²) in [5.41, 5.74) is 2.84. The van der Waals surface area contributed by atoms with E-state index in [2.05, 4.69) is 11.8 Å². The number of nitrogens with zero attached hydrogens (tertiary/aromatic N) is 1. The molecule has 2 atom stereocenters. The van der Waals surface area contributed by atoms with Crippen molar-refractivity contribution in [2.75, 3.05) is 0 Å². The van der Waals surface area contributed by atoms with Gasteiger partial charge in [0.15, 0.2) is 0 Å². The summed E-state index contributed by atoms with van der Waals surface area (Å²) in [7, 11) is 0. The molecule has 0 aliphatic rings. The molecule has 0 aliphatic heterocycles. The molecule has 0 amide bonds. The van der Waals surface area contributed by atoms with E-state index in [1.165, 1.54) is 12.1 Å². The van der Waals surface area contributed by atoms with E-state index in [-0.39, 0.29) is 18.3 Å². The summed E-state index contributed by atoms with van der Waals surface area (Å²) in [4.78, 5) is 13.8. The summed E-state index contributed by atoms with van der Waals surface area (Å²) in [5, 5.41) is 9.56. The van der Waals surface area contributed by atoms with Gasteiger partial charge in [-0.25, -0.2) is 4.39 Å². The molecular formula is C24H24FNO2. The summed E-state index contributed by atoms with van der Waals surface area (Å²) in [6, 6.07) is 25.6. The van der Waals surface area contributed by atoms with Crippen LogP contribution in [0.5, 0.6) is 0 Å². The van der Waals surface area contributed by atoms with E-state index >= 15 is 0 Å². The number of rotatable bonds is 8. The molecule has 3 nitrogen and oxygen atoms in total. The molecule has 0 fully saturated rings. The highest BCUT2D eigenvalue weighted by Crippen LogP contribution is 2.34. The third-order valence-corrected chi connectivity index (χ3v) is 4.99. The number of carbonyl (C=O) groups is 1. The maximum atomic E-state index is 13.9. The van der Waals surface area contributed by atoms with Crippen LogP contribution in [0.15, 0.2) is 84.9 Å². The van der Waals surface area contributed by atoms with Crippen LogP contribution < -0.4 is 0 Å². The first kappa shape index (κ1) is 19.8. The molecular weight excluding hydrogens is 353 g/mol. The van der Waals surface area contributed by atoms with Crippen LogP contribution >= 0.6 is 0 Å². The number of hydrogen-bond donors (Lipinski definition) is 1. The Balaban J connectivity index is 2.03. The van der Waals surface area contributed by atoms with Gasteiger partial charge >= 0.3 is 5.97 Å². The minimum Gasteiger partial charge on any atom is -0.481 e. The predicted molar refractivity (Wildman–Crippen MR) is 108 cm³/mol. The highest BCUT2D eigenvalue weighted by molar-refractivity contribution is 5.68. The number of carboxylic acids is 1. The molecule has 0 radical (unpaired) electrons. The zero-order valence-electron chi connectivity index (χ0n) is 15.8. The van der Waals surface area contributed by atoms with Gasteiger partial charge in [-0.15, -0.1) is 0 Å². The van der Waals surface area contributed by atoms with Crippen molar-refractivity contribution >= 4 is 5.97 Å². The van der Waals surface area contributed by atoms with Crippen molar-refractivity contribution in [3.63, 3.8) is 0 Å². The van der Waals surface area contributed by atoms with E-state index in [1.54, 1.807) is 12.1 Å². The first-order chi connectivity index (χ1) is 13.5. The molecule has 0 aromatic heterocycles. The Hall–Kier alpha value is -2.98. The van der Waals surface area contributed by atoms with Crippen molar-refractivity contribution in [3.8, 4) is 0 Å². The van der Waals surface area contributed by atoms with Crippen LogP contribution in [0, 0.1) is 5.82 Å². The average molecular weight is 377 g/mol. The number of carboxylic acid groups (broad SMARTS) is 1. The highest BCUT2D eigenvalue weighted by atomic mass is 19.1. The standard InChI is InChI=1S/C24H24FNO2/c1-18(20-11-6-3-7-12-20)26(17-19-9-4-2-5-10-19)23(16-24(27)28)21-13-8-14-22(25)15-21/h2-15,18,23H,16-17H2,1H3,(H,27,28)/t18-,23?/m0/s1. The quantitative estimate of drug-likeness (QED) is 0.555. The first-order valence-corrected chi connectivity index (χ1v) is 9.36. The molecule has 3 aromatic carbocycles. The number of aliphatic carboxylic acids is 1. The average Bonchev–Trinajstić information content (AvgIpc) is 2.71. The lowest BCUT2D eigenvalue weighted by Gasteiger charge is -2.36. The lowest BCUT2D eigenvalue weighted by molar-refractivity contribution is -0.138. The van der Waals surface area contributed by atoms with Crippen molar-refractivity contribution in [1.82, 2.24) is 4.90 Å². The van der Waals surface area contributed by atoms with Crippen LogP contribution in [0.3, 0.4) is 0 Å². The molecule has 0 spiro atoms. The van der Waals surface area contributed by atoms with Crippen LogP contribution in [-0.4, -0.2) is 16.0 Å². The normalized spacial score (nSPS) is 13.2. The second-order valence-corrected chi connectivity index (χ2v) is 6.91. The van der Waals surface area contributed by atoms with Gasteiger partial charge in [0.1, 0.15) is 5.82 Å². The maximum absolute atomic E-state index is 13.9. The van der Waals surface area contributed by atoms with E-state index in [0.717, 1.165) is 11.1 Å².